The molecule has 7 heteroatoms. The van der Waals surface area contributed by atoms with Crippen molar-refractivity contribution in [2.45, 2.75) is 25.3 Å². The summed E-state index contributed by atoms with van der Waals surface area (Å²) in [5, 5.41) is 23.7. The minimum Gasteiger partial charge on any atom is -0.508 e. The van der Waals surface area contributed by atoms with Crippen LogP contribution in [-0.4, -0.2) is 41.0 Å². The number of phenols is 1. The number of rotatable bonds is 3. The largest absolute Gasteiger partial charge is 0.508 e. The number of carboxylic acid groups (broad SMARTS) is 1. The molecule has 1 aliphatic heterocycles. The number of hydrogen-bond acceptors (Lipinski definition) is 4. The van der Waals surface area contributed by atoms with E-state index < -0.39 is 12.0 Å². The fraction of sp³-hybridized carbons (Fsp3) is 0.429. The van der Waals surface area contributed by atoms with Crippen LogP contribution in [0.3, 0.4) is 0 Å². The Hall–Kier alpha value is -2.28. The predicted molar refractivity (Wildman–Crippen MR) is 75.7 cm³/mol. The van der Waals surface area contributed by atoms with Gasteiger partial charge in [-0.05, 0) is 38.0 Å². The number of carbonyl (C=O) groups is 2. The molecule has 1 saturated heterocycles. The number of phenolic OH excluding ortho intramolecular Hbond substituents is 1. The highest BCUT2D eigenvalue weighted by atomic mass is 16.5. The van der Waals surface area contributed by atoms with Crippen LogP contribution < -0.4 is 10.6 Å². The molecule has 0 radical (unpaired) electrons. The number of carbonyl (C=O) groups excluding carboxylic acids is 1. The van der Waals surface area contributed by atoms with E-state index in [2.05, 4.69) is 10.6 Å². The molecule has 0 aromatic heterocycles. The highest BCUT2D eigenvalue weighted by Gasteiger charge is 2.29. The van der Waals surface area contributed by atoms with Crippen LogP contribution in [0.25, 0.3) is 0 Å². The van der Waals surface area contributed by atoms with Crippen molar-refractivity contribution >= 4 is 17.7 Å². The first-order chi connectivity index (χ1) is 9.89. The molecule has 0 aliphatic carbocycles. The maximum Gasteiger partial charge on any atom is 0.337 e. The summed E-state index contributed by atoms with van der Waals surface area (Å²) in [4.78, 5) is 23.1. The topological polar surface area (TPSA) is 108 Å². The number of ether oxygens (including phenoxy) is 1. The van der Waals surface area contributed by atoms with Crippen LogP contribution in [0, 0.1) is 0 Å². The molecular formula is C14H18N2O5. The van der Waals surface area contributed by atoms with Crippen LogP contribution >= 0.6 is 0 Å². The van der Waals surface area contributed by atoms with Crippen LogP contribution in [0.2, 0.25) is 0 Å². The second-order valence-corrected chi connectivity index (χ2v) is 5.29. The van der Waals surface area contributed by atoms with E-state index in [1.54, 1.807) is 0 Å². The van der Waals surface area contributed by atoms with Crippen LogP contribution in [0.15, 0.2) is 18.2 Å². The quantitative estimate of drug-likeness (QED) is 0.636. The van der Waals surface area contributed by atoms with Gasteiger partial charge < -0.3 is 25.6 Å². The lowest BCUT2D eigenvalue weighted by atomic mass is 9.93. The Morgan fingerprint density at radius 1 is 1.29 bits per heavy atom. The Morgan fingerprint density at radius 3 is 2.57 bits per heavy atom. The molecule has 0 bridgehead atoms. The van der Waals surface area contributed by atoms with Gasteiger partial charge in [0.25, 0.3) is 0 Å². The predicted octanol–water partition coefficient (Wildman–Crippen LogP) is 1.78. The zero-order valence-electron chi connectivity index (χ0n) is 11.7. The van der Waals surface area contributed by atoms with Crippen molar-refractivity contribution in [2.75, 3.05) is 18.5 Å². The molecule has 21 heavy (non-hydrogen) atoms. The van der Waals surface area contributed by atoms with Crippen molar-refractivity contribution < 1.29 is 24.5 Å². The molecule has 7 nitrogen and oxygen atoms in total. The summed E-state index contributed by atoms with van der Waals surface area (Å²) in [5.41, 5.74) is -0.404. The highest BCUT2D eigenvalue weighted by molar-refractivity contribution is 6.00. The van der Waals surface area contributed by atoms with Crippen molar-refractivity contribution in [2.24, 2.45) is 0 Å². The van der Waals surface area contributed by atoms with Gasteiger partial charge >= 0.3 is 12.0 Å². The third-order valence-corrected chi connectivity index (χ3v) is 3.49. The SMILES string of the molecule is CC1(NC(=O)Nc2ccc(O)cc2C(=O)O)CCOCC1. The van der Waals surface area contributed by atoms with Crippen LogP contribution in [0.1, 0.15) is 30.1 Å². The van der Waals surface area contributed by atoms with Crippen LogP contribution in [0.5, 0.6) is 5.75 Å². The van der Waals surface area contributed by atoms with E-state index in [4.69, 9.17) is 9.84 Å². The van der Waals surface area contributed by atoms with E-state index >= 15 is 0 Å². The van der Waals surface area contributed by atoms with Gasteiger partial charge in [-0.3, -0.25) is 0 Å². The fourth-order valence-corrected chi connectivity index (χ4v) is 2.19. The van der Waals surface area contributed by atoms with E-state index in [1.807, 2.05) is 6.92 Å². The summed E-state index contributed by atoms with van der Waals surface area (Å²) in [6, 6.07) is 3.28. The number of benzene rings is 1. The van der Waals surface area contributed by atoms with E-state index in [9.17, 15) is 14.7 Å². The highest BCUT2D eigenvalue weighted by Crippen LogP contribution is 2.23. The second kappa shape index (κ2) is 6.01. The van der Waals surface area contributed by atoms with Crippen molar-refractivity contribution in [3.05, 3.63) is 23.8 Å². The Labute approximate surface area is 121 Å². The molecule has 2 rings (SSSR count). The van der Waals surface area contributed by atoms with Crippen molar-refractivity contribution in [3.8, 4) is 5.75 Å². The summed E-state index contributed by atoms with van der Waals surface area (Å²) in [7, 11) is 0. The summed E-state index contributed by atoms with van der Waals surface area (Å²) in [6.45, 7) is 3.08. The number of urea groups is 1. The molecule has 0 saturated carbocycles. The average Bonchev–Trinajstić information content (AvgIpc) is 2.40. The van der Waals surface area contributed by atoms with Gasteiger partial charge in [0.05, 0.1) is 11.3 Å². The lowest BCUT2D eigenvalue weighted by molar-refractivity contribution is 0.0499. The Kier molecular flexibility index (Phi) is 4.32. The Balaban J connectivity index is 2.07. The van der Waals surface area contributed by atoms with E-state index in [0.29, 0.717) is 26.1 Å². The third-order valence-electron chi connectivity index (χ3n) is 3.49. The molecule has 1 aromatic rings. The normalized spacial score (nSPS) is 17.0. The standard InChI is InChI=1S/C14H18N2O5/c1-14(4-6-21-7-5-14)16-13(20)15-11-3-2-9(17)8-10(11)12(18)19/h2-3,8,17H,4-7H2,1H3,(H,18,19)(H2,15,16,20). The van der Waals surface area contributed by atoms with Gasteiger partial charge in [0.2, 0.25) is 0 Å². The molecule has 114 valence electrons. The second-order valence-electron chi connectivity index (χ2n) is 5.29. The molecule has 1 aromatic carbocycles. The molecule has 2 amide bonds. The lowest BCUT2D eigenvalue weighted by Crippen LogP contribution is -2.51. The molecule has 0 unspecified atom stereocenters. The first kappa shape index (κ1) is 15.1. The number of amides is 2. The average molecular weight is 294 g/mol. The number of nitrogens with one attached hydrogen (secondary N) is 2. The summed E-state index contributed by atoms with van der Waals surface area (Å²) in [6.07, 6.45) is 1.39. The summed E-state index contributed by atoms with van der Waals surface area (Å²) in [5.74, 6) is -1.40. The smallest absolute Gasteiger partial charge is 0.337 e. The van der Waals surface area contributed by atoms with Gasteiger partial charge in [0.1, 0.15) is 5.75 Å². The number of hydrogen-bond donors (Lipinski definition) is 4. The maximum atomic E-state index is 12.0. The van der Waals surface area contributed by atoms with Gasteiger partial charge in [0, 0.05) is 18.8 Å². The number of anilines is 1. The third kappa shape index (κ3) is 3.85. The number of aromatic carboxylic acids is 1. The Morgan fingerprint density at radius 2 is 1.95 bits per heavy atom. The summed E-state index contributed by atoms with van der Waals surface area (Å²) >= 11 is 0. The van der Waals surface area contributed by atoms with Gasteiger partial charge in [-0.2, -0.15) is 0 Å². The van der Waals surface area contributed by atoms with E-state index in [-0.39, 0.29) is 22.5 Å². The lowest BCUT2D eigenvalue weighted by Gasteiger charge is -2.34. The number of aromatic hydroxyl groups is 1. The van der Waals surface area contributed by atoms with Gasteiger partial charge in [-0.15, -0.1) is 0 Å². The van der Waals surface area contributed by atoms with E-state index in [1.165, 1.54) is 12.1 Å². The van der Waals surface area contributed by atoms with Crippen molar-refractivity contribution in [3.63, 3.8) is 0 Å². The van der Waals surface area contributed by atoms with Gasteiger partial charge in [-0.25, -0.2) is 9.59 Å². The minimum atomic E-state index is -1.22. The van der Waals surface area contributed by atoms with Gasteiger partial charge in [-0.1, -0.05) is 0 Å². The molecule has 0 spiro atoms. The molecule has 1 heterocycles. The molecule has 1 fully saturated rings. The van der Waals surface area contributed by atoms with Crippen molar-refractivity contribution in [1.82, 2.24) is 5.32 Å². The van der Waals surface area contributed by atoms with Gasteiger partial charge in [0.15, 0.2) is 0 Å². The zero-order valence-corrected chi connectivity index (χ0v) is 11.7. The summed E-state index contributed by atoms with van der Waals surface area (Å²) < 4.78 is 5.25. The molecular weight excluding hydrogens is 276 g/mol. The molecule has 4 N–H and O–H groups in total. The molecule has 1 aliphatic rings. The maximum absolute atomic E-state index is 12.0. The van der Waals surface area contributed by atoms with Crippen LogP contribution in [0.4, 0.5) is 10.5 Å². The first-order valence-electron chi connectivity index (χ1n) is 6.63. The van der Waals surface area contributed by atoms with Crippen molar-refractivity contribution in [1.29, 1.82) is 0 Å². The minimum absolute atomic E-state index is 0.133. The Bertz CT molecular complexity index is 552. The fourth-order valence-electron chi connectivity index (χ4n) is 2.19. The monoisotopic (exact) mass is 294 g/mol. The zero-order chi connectivity index (χ0) is 15.5. The van der Waals surface area contributed by atoms with E-state index in [0.717, 1.165) is 6.07 Å². The van der Waals surface area contributed by atoms with Crippen LogP contribution in [-0.2, 0) is 4.74 Å². The first-order valence-corrected chi connectivity index (χ1v) is 6.63. The molecule has 0 atom stereocenters. The number of carboxylic acids is 1.